The quantitative estimate of drug-likeness (QED) is 0.671. The fourth-order valence-electron chi connectivity index (χ4n) is 3.42. The van der Waals surface area contributed by atoms with E-state index >= 15 is 0 Å². The Balaban J connectivity index is 1.55. The predicted molar refractivity (Wildman–Crippen MR) is 111 cm³/mol. The number of fused-ring (bicyclic) bond motifs is 1. The number of benzene rings is 2. The highest BCUT2D eigenvalue weighted by Crippen LogP contribution is 2.27. The Morgan fingerprint density at radius 3 is 2.75 bits per heavy atom. The van der Waals surface area contributed by atoms with Crippen LogP contribution >= 0.6 is 23.2 Å². The van der Waals surface area contributed by atoms with Crippen molar-refractivity contribution in [3.05, 3.63) is 70.3 Å². The summed E-state index contributed by atoms with van der Waals surface area (Å²) in [7, 11) is 0. The summed E-state index contributed by atoms with van der Waals surface area (Å²) in [6, 6.07) is 15.5. The summed E-state index contributed by atoms with van der Waals surface area (Å²) in [5, 5.41) is 4.62. The van der Waals surface area contributed by atoms with Crippen molar-refractivity contribution in [2.75, 3.05) is 11.9 Å². The number of pyridine rings is 1. The van der Waals surface area contributed by atoms with Crippen molar-refractivity contribution in [3.63, 3.8) is 0 Å². The second-order valence-electron chi connectivity index (χ2n) is 6.66. The summed E-state index contributed by atoms with van der Waals surface area (Å²) < 4.78 is 0. The molecule has 1 atom stereocenters. The summed E-state index contributed by atoms with van der Waals surface area (Å²) >= 11 is 12.1. The minimum Gasteiger partial charge on any atom is -0.325 e. The number of halogens is 2. The van der Waals surface area contributed by atoms with Gasteiger partial charge in [-0.2, -0.15) is 0 Å². The second kappa shape index (κ2) is 7.78. The molecular formula is C21H17Cl2N3O2. The van der Waals surface area contributed by atoms with Gasteiger partial charge in [-0.1, -0.05) is 47.5 Å². The lowest BCUT2D eigenvalue weighted by molar-refractivity contribution is -0.119. The Bertz CT molecular complexity index is 1070. The SMILES string of the molecule is O=C(Nc1cc(Cl)ccc1Cl)C1CCCN1C(=O)c1ccc2ccccc2n1. The van der Waals surface area contributed by atoms with Crippen molar-refractivity contribution in [2.24, 2.45) is 0 Å². The number of hydrogen-bond acceptors (Lipinski definition) is 3. The number of carbonyl (C=O) groups excluding carboxylic acids is 2. The molecule has 4 rings (SSSR count). The zero-order valence-corrected chi connectivity index (χ0v) is 16.4. The van der Waals surface area contributed by atoms with Gasteiger partial charge < -0.3 is 10.2 Å². The van der Waals surface area contributed by atoms with Crippen molar-refractivity contribution < 1.29 is 9.59 Å². The molecule has 1 aliphatic rings. The fourth-order valence-corrected chi connectivity index (χ4v) is 3.76. The Morgan fingerprint density at radius 2 is 1.89 bits per heavy atom. The number of rotatable bonds is 3. The van der Waals surface area contributed by atoms with Gasteiger partial charge >= 0.3 is 0 Å². The topological polar surface area (TPSA) is 62.3 Å². The molecule has 0 radical (unpaired) electrons. The molecule has 7 heteroatoms. The maximum Gasteiger partial charge on any atom is 0.273 e. The average Bonchev–Trinajstić information content (AvgIpc) is 3.20. The Hall–Kier alpha value is -2.63. The van der Waals surface area contributed by atoms with Gasteiger partial charge in [0, 0.05) is 17.0 Å². The predicted octanol–water partition coefficient (Wildman–Crippen LogP) is 4.78. The highest BCUT2D eigenvalue weighted by Gasteiger charge is 2.35. The van der Waals surface area contributed by atoms with E-state index in [4.69, 9.17) is 23.2 Å². The maximum absolute atomic E-state index is 13.0. The van der Waals surface area contributed by atoms with E-state index in [0.717, 1.165) is 17.3 Å². The van der Waals surface area contributed by atoms with Crippen LogP contribution in [0.2, 0.25) is 10.0 Å². The number of para-hydroxylation sites is 1. The number of nitrogens with one attached hydrogen (secondary N) is 1. The lowest BCUT2D eigenvalue weighted by Gasteiger charge is -2.24. The van der Waals surface area contributed by atoms with Crippen LogP contribution < -0.4 is 5.32 Å². The van der Waals surface area contributed by atoms with Gasteiger partial charge in [0.15, 0.2) is 0 Å². The molecule has 1 aromatic heterocycles. The van der Waals surface area contributed by atoms with E-state index in [1.807, 2.05) is 30.3 Å². The van der Waals surface area contributed by atoms with Gasteiger partial charge in [0.25, 0.3) is 5.91 Å². The number of aromatic nitrogens is 1. The zero-order chi connectivity index (χ0) is 19.7. The van der Waals surface area contributed by atoms with Crippen molar-refractivity contribution in [3.8, 4) is 0 Å². The number of likely N-dealkylation sites (tertiary alicyclic amines) is 1. The van der Waals surface area contributed by atoms with Crippen LogP contribution in [0.3, 0.4) is 0 Å². The normalized spacial score (nSPS) is 16.4. The highest BCUT2D eigenvalue weighted by atomic mass is 35.5. The first-order valence-corrected chi connectivity index (χ1v) is 9.71. The maximum atomic E-state index is 13.0. The molecule has 0 saturated carbocycles. The van der Waals surface area contributed by atoms with Crippen LogP contribution in [-0.4, -0.2) is 34.3 Å². The first kappa shape index (κ1) is 18.7. The van der Waals surface area contributed by atoms with E-state index in [0.29, 0.717) is 34.4 Å². The first-order valence-electron chi connectivity index (χ1n) is 8.95. The molecule has 2 amide bonds. The van der Waals surface area contributed by atoms with Crippen LogP contribution in [0.5, 0.6) is 0 Å². The molecule has 0 bridgehead atoms. The molecule has 1 unspecified atom stereocenters. The molecule has 2 aromatic carbocycles. The standard InChI is InChI=1S/C21H17Cl2N3O2/c22-14-8-9-15(23)18(12-14)25-20(27)19-6-3-11-26(19)21(28)17-10-7-13-4-1-2-5-16(13)24-17/h1-2,4-5,7-10,12,19H,3,6,11H2,(H,25,27). The molecule has 1 aliphatic heterocycles. The van der Waals surface area contributed by atoms with Crippen LogP contribution in [0.1, 0.15) is 23.3 Å². The third-order valence-corrected chi connectivity index (χ3v) is 5.38. The molecule has 142 valence electrons. The second-order valence-corrected chi connectivity index (χ2v) is 7.50. The van der Waals surface area contributed by atoms with Gasteiger partial charge in [-0.3, -0.25) is 9.59 Å². The van der Waals surface area contributed by atoms with Crippen molar-refractivity contribution in [2.45, 2.75) is 18.9 Å². The number of anilines is 1. The van der Waals surface area contributed by atoms with Crippen molar-refractivity contribution in [1.82, 2.24) is 9.88 Å². The Labute approximate surface area is 172 Å². The van der Waals surface area contributed by atoms with Crippen molar-refractivity contribution in [1.29, 1.82) is 0 Å². The molecule has 28 heavy (non-hydrogen) atoms. The molecular weight excluding hydrogens is 397 g/mol. The van der Waals surface area contributed by atoms with E-state index in [1.54, 1.807) is 29.2 Å². The van der Waals surface area contributed by atoms with Crippen molar-refractivity contribution >= 4 is 51.6 Å². The molecule has 1 N–H and O–H groups in total. The molecule has 0 aliphatic carbocycles. The monoisotopic (exact) mass is 413 g/mol. The molecule has 1 fully saturated rings. The van der Waals surface area contributed by atoms with E-state index in [2.05, 4.69) is 10.3 Å². The minimum absolute atomic E-state index is 0.249. The Kier molecular flexibility index (Phi) is 5.20. The highest BCUT2D eigenvalue weighted by molar-refractivity contribution is 6.35. The van der Waals surface area contributed by atoms with Gasteiger partial charge in [0.05, 0.1) is 16.2 Å². The number of hydrogen-bond donors (Lipinski definition) is 1. The van der Waals surface area contributed by atoms with Gasteiger partial charge in [-0.05, 0) is 43.2 Å². The number of carbonyl (C=O) groups is 2. The third-order valence-electron chi connectivity index (χ3n) is 4.82. The number of amides is 2. The van der Waals surface area contributed by atoms with E-state index in [9.17, 15) is 9.59 Å². The van der Waals surface area contributed by atoms with Crippen LogP contribution in [0.25, 0.3) is 10.9 Å². The summed E-state index contributed by atoms with van der Waals surface area (Å²) in [5.74, 6) is -0.531. The van der Waals surface area contributed by atoms with E-state index in [1.165, 1.54) is 0 Å². The van der Waals surface area contributed by atoms with Crippen LogP contribution in [-0.2, 0) is 4.79 Å². The summed E-state index contributed by atoms with van der Waals surface area (Å²) in [5.41, 5.74) is 1.51. The molecule has 0 spiro atoms. The lowest BCUT2D eigenvalue weighted by Crippen LogP contribution is -2.43. The minimum atomic E-state index is -0.573. The van der Waals surface area contributed by atoms with E-state index < -0.39 is 6.04 Å². The summed E-state index contributed by atoms with van der Waals surface area (Å²) in [6.07, 6.45) is 1.34. The summed E-state index contributed by atoms with van der Waals surface area (Å²) in [4.78, 5) is 31.9. The molecule has 5 nitrogen and oxygen atoms in total. The molecule has 2 heterocycles. The zero-order valence-electron chi connectivity index (χ0n) is 14.9. The smallest absolute Gasteiger partial charge is 0.273 e. The average molecular weight is 414 g/mol. The van der Waals surface area contributed by atoms with Crippen LogP contribution in [0, 0.1) is 0 Å². The van der Waals surface area contributed by atoms with Crippen LogP contribution in [0.4, 0.5) is 5.69 Å². The Morgan fingerprint density at radius 1 is 1.07 bits per heavy atom. The van der Waals surface area contributed by atoms with Gasteiger partial charge in [-0.25, -0.2) is 4.98 Å². The number of nitrogens with zero attached hydrogens (tertiary/aromatic N) is 2. The molecule has 3 aromatic rings. The largest absolute Gasteiger partial charge is 0.325 e. The fraction of sp³-hybridized carbons (Fsp3) is 0.190. The third kappa shape index (κ3) is 3.68. The lowest BCUT2D eigenvalue weighted by atomic mass is 10.1. The van der Waals surface area contributed by atoms with Gasteiger partial charge in [0.1, 0.15) is 11.7 Å². The summed E-state index contributed by atoms with van der Waals surface area (Å²) in [6.45, 7) is 0.509. The first-order chi connectivity index (χ1) is 13.5. The van der Waals surface area contributed by atoms with Gasteiger partial charge in [-0.15, -0.1) is 0 Å². The van der Waals surface area contributed by atoms with E-state index in [-0.39, 0.29) is 11.8 Å². The molecule has 1 saturated heterocycles. The van der Waals surface area contributed by atoms with Crippen LogP contribution in [0.15, 0.2) is 54.6 Å². The van der Waals surface area contributed by atoms with Gasteiger partial charge in [0.2, 0.25) is 5.91 Å².